The molecule has 2 aromatic carbocycles. The maximum absolute atomic E-state index is 12.5. The molecule has 0 aliphatic heterocycles. The molecule has 0 aliphatic rings. The Bertz CT molecular complexity index is 1000. The Morgan fingerprint density at radius 3 is 2.27 bits per heavy atom. The van der Waals surface area contributed by atoms with Crippen molar-refractivity contribution in [3.63, 3.8) is 0 Å². The molecule has 0 N–H and O–H groups in total. The SMILES string of the molecule is CCN(CC)S(=O)(=O)c1ccc(CCC(=O)Oc2ccc(OC)cc2[N+](=O)[O-])cc1. The van der Waals surface area contributed by atoms with Gasteiger partial charge in [0.05, 0.1) is 23.0 Å². The van der Waals surface area contributed by atoms with E-state index in [1.54, 1.807) is 26.0 Å². The highest BCUT2D eigenvalue weighted by molar-refractivity contribution is 7.89. The van der Waals surface area contributed by atoms with E-state index >= 15 is 0 Å². The highest BCUT2D eigenvalue weighted by atomic mass is 32.2. The Morgan fingerprint density at radius 2 is 1.73 bits per heavy atom. The lowest BCUT2D eigenvalue weighted by Crippen LogP contribution is -2.30. The molecule has 0 unspecified atom stereocenters. The number of nitro benzene ring substituents is 1. The van der Waals surface area contributed by atoms with Crippen LogP contribution in [0.25, 0.3) is 0 Å². The van der Waals surface area contributed by atoms with Crippen LogP contribution in [0.5, 0.6) is 11.5 Å². The molecule has 9 nitrogen and oxygen atoms in total. The Labute approximate surface area is 175 Å². The van der Waals surface area contributed by atoms with Crippen molar-refractivity contribution in [3.05, 3.63) is 58.1 Å². The second-order valence-electron chi connectivity index (χ2n) is 6.30. The molecule has 0 saturated carbocycles. The standard InChI is InChI=1S/C20H24N2O7S/c1-4-21(5-2)30(26,27)17-10-6-15(7-11-17)8-13-20(23)29-19-12-9-16(28-3)14-18(19)22(24)25/h6-7,9-12,14H,4-5,8,13H2,1-3H3. The van der Waals surface area contributed by atoms with Gasteiger partial charge in [-0.1, -0.05) is 26.0 Å². The topological polar surface area (TPSA) is 116 Å². The number of carbonyl (C=O) groups excluding carboxylic acids is 1. The van der Waals surface area contributed by atoms with Gasteiger partial charge in [-0.05, 0) is 36.2 Å². The van der Waals surface area contributed by atoms with Crippen LogP contribution in [0, 0.1) is 10.1 Å². The van der Waals surface area contributed by atoms with Crippen molar-refractivity contribution < 1.29 is 27.6 Å². The molecule has 0 heterocycles. The van der Waals surface area contributed by atoms with E-state index in [9.17, 15) is 23.3 Å². The van der Waals surface area contributed by atoms with Gasteiger partial charge >= 0.3 is 11.7 Å². The molecule has 2 rings (SSSR count). The molecule has 0 bridgehead atoms. The van der Waals surface area contributed by atoms with Gasteiger partial charge in [0, 0.05) is 19.5 Å². The van der Waals surface area contributed by atoms with Crippen LogP contribution in [0.4, 0.5) is 5.69 Å². The first-order chi connectivity index (χ1) is 14.2. The minimum Gasteiger partial charge on any atom is -0.496 e. The smallest absolute Gasteiger partial charge is 0.315 e. The zero-order valence-electron chi connectivity index (χ0n) is 17.0. The number of hydrogen-bond donors (Lipinski definition) is 0. The van der Waals surface area contributed by atoms with Crippen LogP contribution < -0.4 is 9.47 Å². The summed E-state index contributed by atoms with van der Waals surface area (Å²) < 4.78 is 36.4. The normalized spacial score (nSPS) is 11.3. The zero-order chi connectivity index (χ0) is 22.3. The summed E-state index contributed by atoms with van der Waals surface area (Å²) in [4.78, 5) is 22.8. The Kier molecular flexibility index (Phi) is 7.90. The average Bonchev–Trinajstić information content (AvgIpc) is 2.73. The third-order valence-corrected chi connectivity index (χ3v) is 6.54. The van der Waals surface area contributed by atoms with Crippen molar-refractivity contribution in [2.75, 3.05) is 20.2 Å². The zero-order valence-corrected chi connectivity index (χ0v) is 17.8. The van der Waals surface area contributed by atoms with E-state index in [1.807, 2.05) is 0 Å². The number of hydrogen-bond acceptors (Lipinski definition) is 7. The van der Waals surface area contributed by atoms with Crippen LogP contribution in [-0.4, -0.2) is 43.8 Å². The summed E-state index contributed by atoms with van der Waals surface area (Å²) in [6.07, 6.45) is 0.277. The van der Waals surface area contributed by atoms with Crippen LogP contribution in [-0.2, 0) is 21.2 Å². The maximum atomic E-state index is 12.5. The quantitative estimate of drug-likeness (QED) is 0.243. The fourth-order valence-corrected chi connectivity index (χ4v) is 4.27. The summed E-state index contributed by atoms with van der Waals surface area (Å²) in [6.45, 7) is 4.30. The fraction of sp³-hybridized carbons (Fsp3) is 0.350. The van der Waals surface area contributed by atoms with E-state index in [0.717, 1.165) is 5.56 Å². The number of ether oxygens (including phenoxy) is 2. The van der Waals surface area contributed by atoms with Gasteiger partial charge in [-0.3, -0.25) is 14.9 Å². The van der Waals surface area contributed by atoms with Gasteiger partial charge in [0.2, 0.25) is 15.8 Å². The molecule has 162 valence electrons. The number of aryl methyl sites for hydroxylation is 1. The Morgan fingerprint density at radius 1 is 1.10 bits per heavy atom. The number of benzene rings is 2. The van der Waals surface area contributed by atoms with Crippen molar-refractivity contribution in [2.45, 2.75) is 31.6 Å². The van der Waals surface area contributed by atoms with Gasteiger partial charge in [-0.15, -0.1) is 0 Å². The minimum absolute atomic E-state index is 0.0225. The monoisotopic (exact) mass is 436 g/mol. The number of carbonyl (C=O) groups is 1. The summed E-state index contributed by atoms with van der Waals surface area (Å²) in [5.74, 6) is -0.518. The lowest BCUT2D eigenvalue weighted by molar-refractivity contribution is -0.385. The van der Waals surface area contributed by atoms with Gasteiger partial charge in [0.15, 0.2) is 0 Å². The van der Waals surface area contributed by atoms with Crippen molar-refractivity contribution >= 4 is 21.7 Å². The van der Waals surface area contributed by atoms with Crippen molar-refractivity contribution in [1.29, 1.82) is 0 Å². The van der Waals surface area contributed by atoms with E-state index in [4.69, 9.17) is 9.47 Å². The molecule has 0 fully saturated rings. The second kappa shape index (κ2) is 10.2. The summed E-state index contributed by atoms with van der Waals surface area (Å²) in [5.41, 5.74) is 0.378. The molecule has 0 amide bonds. The Hall–Kier alpha value is -2.98. The summed E-state index contributed by atoms with van der Waals surface area (Å²) >= 11 is 0. The Balaban J connectivity index is 2.03. The molecule has 30 heavy (non-hydrogen) atoms. The summed E-state index contributed by atoms with van der Waals surface area (Å²) in [5, 5.41) is 11.2. The third kappa shape index (κ3) is 5.55. The van der Waals surface area contributed by atoms with Gasteiger partial charge in [-0.25, -0.2) is 8.42 Å². The number of nitro groups is 1. The van der Waals surface area contributed by atoms with Crippen LogP contribution in [0.15, 0.2) is 47.4 Å². The van der Waals surface area contributed by atoms with Crippen LogP contribution >= 0.6 is 0 Å². The van der Waals surface area contributed by atoms with Crippen molar-refractivity contribution in [3.8, 4) is 11.5 Å². The average molecular weight is 436 g/mol. The maximum Gasteiger partial charge on any atom is 0.315 e. The number of methoxy groups -OCH3 is 1. The van der Waals surface area contributed by atoms with Crippen LogP contribution in [0.3, 0.4) is 0 Å². The molecular formula is C20H24N2O7S. The highest BCUT2D eigenvalue weighted by Gasteiger charge is 2.22. The van der Waals surface area contributed by atoms with Gasteiger partial charge in [-0.2, -0.15) is 4.31 Å². The number of nitrogens with zero attached hydrogens (tertiary/aromatic N) is 2. The fourth-order valence-electron chi connectivity index (χ4n) is 2.81. The number of rotatable bonds is 10. The highest BCUT2D eigenvalue weighted by Crippen LogP contribution is 2.31. The predicted octanol–water partition coefficient (Wildman–Crippen LogP) is 3.17. The first-order valence-electron chi connectivity index (χ1n) is 9.35. The third-order valence-electron chi connectivity index (χ3n) is 4.47. The van der Waals surface area contributed by atoms with E-state index in [1.165, 1.54) is 41.7 Å². The molecule has 0 spiro atoms. The first kappa shape index (κ1) is 23.3. The molecule has 0 atom stereocenters. The van der Waals surface area contributed by atoms with E-state index in [0.29, 0.717) is 19.5 Å². The van der Waals surface area contributed by atoms with Gasteiger partial charge < -0.3 is 9.47 Å². The number of esters is 1. The van der Waals surface area contributed by atoms with E-state index in [2.05, 4.69) is 0 Å². The lowest BCUT2D eigenvalue weighted by atomic mass is 10.1. The van der Waals surface area contributed by atoms with Crippen LogP contribution in [0.1, 0.15) is 25.8 Å². The minimum atomic E-state index is -3.54. The van der Waals surface area contributed by atoms with E-state index in [-0.39, 0.29) is 28.5 Å². The molecule has 0 saturated heterocycles. The molecule has 0 radical (unpaired) electrons. The van der Waals surface area contributed by atoms with Crippen molar-refractivity contribution in [2.24, 2.45) is 0 Å². The second-order valence-corrected chi connectivity index (χ2v) is 8.24. The first-order valence-corrected chi connectivity index (χ1v) is 10.8. The molecule has 2 aromatic rings. The van der Waals surface area contributed by atoms with Gasteiger partial charge in [0.25, 0.3) is 0 Å². The lowest BCUT2D eigenvalue weighted by Gasteiger charge is -2.18. The number of sulfonamides is 1. The molecule has 10 heteroatoms. The van der Waals surface area contributed by atoms with Crippen LogP contribution in [0.2, 0.25) is 0 Å². The molecule has 0 aliphatic carbocycles. The predicted molar refractivity (Wildman–Crippen MR) is 110 cm³/mol. The van der Waals surface area contributed by atoms with Crippen molar-refractivity contribution in [1.82, 2.24) is 4.31 Å². The molecular weight excluding hydrogens is 412 g/mol. The summed E-state index contributed by atoms with van der Waals surface area (Å²) in [7, 11) is -2.16. The largest absolute Gasteiger partial charge is 0.496 e. The van der Waals surface area contributed by atoms with Gasteiger partial charge in [0.1, 0.15) is 5.75 Å². The summed E-state index contributed by atoms with van der Waals surface area (Å²) in [6, 6.07) is 10.2. The molecule has 0 aromatic heterocycles. The van der Waals surface area contributed by atoms with E-state index < -0.39 is 20.9 Å².